The Morgan fingerprint density at radius 1 is 0.920 bits per heavy atom. The highest BCUT2D eigenvalue weighted by atomic mass is 127. The van der Waals surface area contributed by atoms with Crippen molar-refractivity contribution in [2.45, 2.75) is 44.3 Å². The highest BCUT2D eigenvalue weighted by Crippen LogP contribution is 2.10. The first-order valence-corrected chi connectivity index (χ1v) is 9.21. The van der Waals surface area contributed by atoms with Crippen LogP contribution in [0.3, 0.4) is 0 Å². The highest BCUT2D eigenvalue weighted by Gasteiger charge is 2.15. The summed E-state index contributed by atoms with van der Waals surface area (Å²) in [7, 11) is 1.79. The summed E-state index contributed by atoms with van der Waals surface area (Å²) in [6.07, 6.45) is 5.66. The number of halogens is 1. The Hall–Kier alpha value is -0.160. The van der Waals surface area contributed by atoms with Crippen molar-refractivity contribution in [1.29, 1.82) is 0 Å². The fourth-order valence-electron chi connectivity index (χ4n) is 2.77. The molecule has 0 spiro atoms. The Morgan fingerprint density at radius 3 is 2.04 bits per heavy atom. The Labute approximate surface area is 168 Å². The predicted molar refractivity (Wildman–Crippen MR) is 109 cm³/mol. The van der Waals surface area contributed by atoms with E-state index in [2.05, 4.69) is 15.6 Å². The maximum absolute atomic E-state index is 5.85. The van der Waals surface area contributed by atoms with Crippen LogP contribution in [0.4, 0.5) is 0 Å². The fraction of sp³-hybridized carbons (Fsp3) is 0.941. The summed E-state index contributed by atoms with van der Waals surface area (Å²) in [4.78, 5) is 4.23. The van der Waals surface area contributed by atoms with Crippen molar-refractivity contribution in [3.63, 3.8) is 0 Å². The van der Waals surface area contributed by atoms with E-state index in [1.807, 2.05) is 0 Å². The molecule has 0 aromatic rings. The van der Waals surface area contributed by atoms with Crippen LogP contribution in [0.1, 0.15) is 32.1 Å². The van der Waals surface area contributed by atoms with Gasteiger partial charge in [-0.1, -0.05) is 0 Å². The molecule has 0 saturated carbocycles. The molecule has 0 aromatic heterocycles. The second-order valence-corrected chi connectivity index (χ2v) is 6.17. The van der Waals surface area contributed by atoms with Gasteiger partial charge in [-0.3, -0.25) is 4.99 Å². The van der Waals surface area contributed by atoms with Crippen molar-refractivity contribution < 1.29 is 18.9 Å². The lowest BCUT2D eigenvalue weighted by Crippen LogP contribution is -2.39. The van der Waals surface area contributed by atoms with E-state index < -0.39 is 0 Å². The molecule has 2 aliphatic heterocycles. The SMILES string of the molecule is CN=C(NCCCOC1CCOCC1)NCCCOC1CCOC1.I. The van der Waals surface area contributed by atoms with Crippen LogP contribution in [-0.2, 0) is 18.9 Å². The van der Waals surface area contributed by atoms with Gasteiger partial charge in [0.2, 0.25) is 0 Å². The largest absolute Gasteiger partial charge is 0.381 e. The molecule has 2 fully saturated rings. The second kappa shape index (κ2) is 15.0. The van der Waals surface area contributed by atoms with Gasteiger partial charge >= 0.3 is 0 Å². The average Bonchev–Trinajstić information content (AvgIpc) is 3.14. The van der Waals surface area contributed by atoms with Crippen molar-refractivity contribution in [3.8, 4) is 0 Å². The molecule has 0 aromatic carbocycles. The standard InChI is InChI=1S/C17H33N3O4.HI/c1-18-17(20-8-3-10-24-16-6-13-22-14-16)19-7-2-9-23-15-4-11-21-12-5-15;/h15-16H,2-14H2,1H3,(H2,18,19,20);1H. The smallest absolute Gasteiger partial charge is 0.190 e. The number of hydrogen-bond donors (Lipinski definition) is 2. The van der Waals surface area contributed by atoms with E-state index in [9.17, 15) is 0 Å². The quantitative estimate of drug-likeness (QED) is 0.218. The molecule has 2 rings (SSSR count). The van der Waals surface area contributed by atoms with Gasteiger partial charge in [0.1, 0.15) is 0 Å². The summed E-state index contributed by atoms with van der Waals surface area (Å²) in [5.41, 5.74) is 0. The second-order valence-electron chi connectivity index (χ2n) is 6.17. The Kier molecular flexibility index (Phi) is 13.7. The van der Waals surface area contributed by atoms with Gasteiger partial charge in [-0.25, -0.2) is 0 Å². The maximum Gasteiger partial charge on any atom is 0.190 e. The predicted octanol–water partition coefficient (Wildman–Crippen LogP) is 1.55. The summed E-state index contributed by atoms with van der Waals surface area (Å²) in [6, 6.07) is 0. The van der Waals surface area contributed by atoms with Crippen molar-refractivity contribution in [2.24, 2.45) is 4.99 Å². The molecule has 2 saturated heterocycles. The molecular formula is C17H34IN3O4. The number of nitrogens with one attached hydrogen (secondary N) is 2. The molecule has 0 radical (unpaired) electrons. The minimum atomic E-state index is 0. The number of nitrogens with zero attached hydrogens (tertiary/aromatic N) is 1. The molecule has 2 heterocycles. The molecule has 25 heavy (non-hydrogen) atoms. The van der Waals surface area contributed by atoms with E-state index in [4.69, 9.17) is 18.9 Å². The van der Waals surface area contributed by atoms with Crippen LogP contribution >= 0.6 is 24.0 Å². The zero-order valence-corrected chi connectivity index (χ0v) is 17.7. The Bertz CT molecular complexity index is 349. The topological polar surface area (TPSA) is 73.3 Å². The highest BCUT2D eigenvalue weighted by molar-refractivity contribution is 14.0. The van der Waals surface area contributed by atoms with E-state index in [-0.39, 0.29) is 30.1 Å². The number of aliphatic imine (C=N–C) groups is 1. The number of ether oxygens (including phenoxy) is 4. The van der Waals surface area contributed by atoms with Gasteiger partial charge in [0.15, 0.2) is 5.96 Å². The third-order valence-corrected chi connectivity index (χ3v) is 4.21. The van der Waals surface area contributed by atoms with Gasteiger partial charge in [0.25, 0.3) is 0 Å². The molecule has 2 N–H and O–H groups in total. The molecular weight excluding hydrogens is 437 g/mol. The Balaban J connectivity index is 0.00000312. The van der Waals surface area contributed by atoms with E-state index in [0.717, 1.165) is 90.8 Å². The van der Waals surface area contributed by atoms with Gasteiger partial charge in [0.05, 0.1) is 18.8 Å². The van der Waals surface area contributed by atoms with Crippen molar-refractivity contribution in [3.05, 3.63) is 0 Å². The van der Waals surface area contributed by atoms with Crippen molar-refractivity contribution in [1.82, 2.24) is 10.6 Å². The molecule has 8 heteroatoms. The summed E-state index contributed by atoms with van der Waals surface area (Å²) in [6.45, 7) is 6.49. The first-order chi connectivity index (χ1) is 11.9. The van der Waals surface area contributed by atoms with Crippen LogP contribution in [0.2, 0.25) is 0 Å². The summed E-state index contributed by atoms with van der Waals surface area (Å²) < 4.78 is 22.2. The minimum absolute atomic E-state index is 0. The minimum Gasteiger partial charge on any atom is -0.381 e. The van der Waals surface area contributed by atoms with Gasteiger partial charge in [-0.2, -0.15) is 0 Å². The summed E-state index contributed by atoms with van der Waals surface area (Å²) in [5.74, 6) is 0.838. The van der Waals surface area contributed by atoms with E-state index >= 15 is 0 Å². The van der Waals surface area contributed by atoms with E-state index in [1.165, 1.54) is 0 Å². The first kappa shape index (κ1) is 22.9. The van der Waals surface area contributed by atoms with Crippen molar-refractivity contribution in [2.75, 3.05) is 59.8 Å². The number of guanidine groups is 1. The lowest BCUT2D eigenvalue weighted by Gasteiger charge is -2.22. The van der Waals surface area contributed by atoms with Gasteiger partial charge in [0, 0.05) is 53.2 Å². The van der Waals surface area contributed by atoms with E-state index in [1.54, 1.807) is 7.05 Å². The van der Waals surface area contributed by atoms with Crippen LogP contribution < -0.4 is 10.6 Å². The molecule has 0 aliphatic carbocycles. The van der Waals surface area contributed by atoms with Gasteiger partial charge in [-0.05, 0) is 32.1 Å². The number of rotatable bonds is 10. The van der Waals surface area contributed by atoms with Crippen LogP contribution in [0.25, 0.3) is 0 Å². The third-order valence-electron chi connectivity index (χ3n) is 4.21. The Morgan fingerprint density at radius 2 is 1.48 bits per heavy atom. The monoisotopic (exact) mass is 471 g/mol. The third kappa shape index (κ3) is 10.5. The normalized spacial score (nSPS) is 21.8. The molecule has 7 nitrogen and oxygen atoms in total. The lowest BCUT2D eigenvalue weighted by atomic mass is 10.1. The first-order valence-electron chi connectivity index (χ1n) is 9.21. The average molecular weight is 471 g/mol. The van der Waals surface area contributed by atoms with Gasteiger partial charge in [-0.15, -0.1) is 24.0 Å². The maximum atomic E-state index is 5.85. The van der Waals surface area contributed by atoms with Crippen LogP contribution in [0.5, 0.6) is 0 Å². The van der Waals surface area contributed by atoms with Crippen LogP contribution in [0.15, 0.2) is 4.99 Å². The zero-order chi connectivity index (χ0) is 16.9. The summed E-state index contributed by atoms with van der Waals surface area (Å²) in [5, 5.41) is 6.62. The van der Waals surface area contributed by atoms with Crippen molar-refractivity contribution >= 4 is 29.9 Å². The molecule has 148 valence electrons. The van der Waals surface area contributed by atoms with Crippen LogP contribution in [0, 0.1) is 0 Å². The fourth-order valence-corrected chi connectivity index (χ4v) is 2.77. The van der Waals surface area contributed by atoms with E-state index in [0.29, 0.717) is 6.10 Å². The van der Waals surface area contributed by atoms with Gasteiger partial charge < -0.3 is 29.6 Å². The van der Waals surface area contributed by atoms with Crippen LogP contribution in [-0.4, -0.2) is 77.9 Å². The number of hydrogen-bond acceptors (Lipinski definition) is 5. The molecule has 2 aliphatic rings. The summed E-state index contributed by atoms with van der Waals surface area (Å²) >= 11 is 0. The molecule has 0 amide bonds. The molecule has 1 atom stereocenters. The lowest BCUT2D eigenvalue weighted by molar-refractivity contribution is -0.0320. The molecule has 1 unspecified atom stereocenters. The zero-order valence-electron chi connectivity index (χ0n) is 15.3. The molecule has 0 bridgehead atoms.